The maximum absolute atomic E-state index is 6.35. The number of alkyl halides is 1. The van der Waals surface area contributed by atoms with Crippen LogP contribution in [0.1, 0.15) is 45.6 Å². The summed E-state index contributed by atoms with van der Waals surface area (Å²) in [7, 11) is 0. The molecule has 2 nitrogen and oxygen atoms in total. The Morgan fingerprint density at radius 3 is 2.45 bits per heavy atom. The molecule has 0 bridgehead atoms. The molecule has 1 aliphatic rings. The second kappa shape index (κ2) is 7.35. The van der Waals surface area contributed by atoms with E-state index in [9.17, 15) is 0 Å². The van der Waals surface area contributed by atoms with Crippen molar-refractivity contribution in [3.8, 4) is 11.5 Å². The molecule has 20 heavy (non-hydrogen) atoms. The Bertz CT molecular complexity index is 423. The Kier molecular flexibility index (Phi) is 5.76. The van der Waals surface area contributed by atoms with Crippen molar-refractivity contribution in [3.63, 3.8) is 0 Å². The third kappa shape index (κ3) is 3.91. The second-order valence-corrected chi connectivity index (χ2v) is 6.53. The highest BCUT2D eigenvalue weighted by Gasteiger charge is 2.26. The number of halogens is 1. The number of ether oxygens (including phenoxy) is 2. The fourth-order valence-electron chi connectivity index (χ4n) is 3.21. The van der Waals surface area contributed by atoms with Gasteiger partial charge < -0.3 is 9.47 Å². The predicted octanol–water partition coefficient (Wildman–Crippen LogP) is 5.18. The summed E-state index contributed by atoms with van der Waals surface area (Å²) < 4.78 is 12.1. The van der Waals surface area contributed by atoms with Crippen LogP contribution < -0.4 is 9.47 Å². The smallest absolute Gasteiger partial charge is 0.165 e. The fraction of sp³-hybridized carbons (Fsp3) is 0.647. The van der Waals surface area contributed by atoms with Gasteiger partial charge in [0.25, 0.3) is 0 Å². The zero-order chi connectivity index (χ0) is 14.5. The SMILES string of the molecule is CCOc1cccc(CBr)c1OC1CC(C)CC(C)C1. The lowest BCUT2D eigenvalue weighted by atomic mass is 9.82. The average Bonchev–Trinajstić information content (AvgIpc) is 2.40. The molecule has 0 radical (unpaired) electrons. The lowest BCUT2D eigenvalue weighted by Gasteiger charge is -2.32. The summed E-state index contributed by atoms with van der Waals surface area (Å²) in [4.78, 5) is 0. The van der Waals surface area contributed by atoms with Crippen LogP contribution in [0.15, 0.2) is 18.2 Å². The first-order valence-corrected chi connectivity index (χ1v) is 8.73. The van der Waals surface area contributed by atoms with Crippen LogP contribution in [0.5, 0.6) is 11.5 Å². The highest BCUT2D eigenvalue weighted by molar-refractivity contribution is 9.08. The maximum Gasteiger partial charge on any atom is 0.165 e. The van der Waals surface area contributed by atoms with Crippen molar-refractivity contribution in [2.45, 2.75) is 51.5 Å². The fourth-order valence-corrected chi connectivity index (χ4v) is 3.65. The molecule has 0 heterocycles. The Balaban J connectivity index is 2.18. The molecule has 1 aliphatic carbocycles. The van der Waals surface area contributed by atoms with Gasteiger partial charge in [0.2, 0.25) is 0 Å². The zero-order valence-electron chi connectivity index (χ0n) is 12.7. The van der Waals surface area contributed by atoms with Crippen LogP contribution in [-0.4, -0.2) is 12.7 Å². The van der Waals surface area contributed by atoms with E-state index in [1.807, 2.05) is 19.1 Å². The summed E-state index contributed by atoms with van der Waals surface area (Å²) in [6, 6.07) is 6.13. The van der Waals surface area contributed by atoms with Crippen molar-refractivity contribution in [3.05, 3.63) is 23.8 Å². The first kappa shape index (κ1) is 15.7. The van der Waals surface area contributed by atoms with Gasteiger partial charge in [-0.15, -0.1) is 0 Å². The van der Waals surface area contributed by atoms with Gasteiger partial charge >= 0.3 is 0 Å². The van der Waals surface area contributed by atoms with E-state index in [-0.39, 0.29) is 0 Å². The Morgan fingerprint density at radius 1 is 1.15 bits per heavy atom. The van der Waals surface area contributed by atoms with E-state index in [1.165, 1.54) is 12.0 Å². The summed E-state index contributed by atoms with van der Waals surface area (Å²) in [5, 5.41) is 0.793. The lowest BCUT2D eigenvalue weighted by Crippen LogP contribution is -2.29. The Labute approximate surface area is 131 Å². The van der Waals surface area contributed by atoms with Crippen LogP contribution in [0.25, 0.3) is 0 Å². The molecule has 2 atom stereocenters. The van der Waals surface area contributed by atoms with Crippen LogP contribution in [0.2, 0.25) is 0 Å². The summed E-state index contributed by atoms with van der Waals surface area (Å²) in [5.41, 5.74) is 1.17. The van der Waals surface area contributed by atoms with E-state index in [4.69, 9.17) is 9.47 Å². The largest absolute Gasteiger partial charge is 0.490 e. The van der Waals surface area contributed by atoms with E-state index < -0.39 is 0 Å². The number of rotatable bonds is 5. The molecule has 1 saturated carbocycles. The molecule has 1 fully saturated rings. The highest BCUT2D eigenvalue weighted by Crippen LogP contribution is 2.37. The van der Waals surface area contributed by atoms with Crippen molar-refractivity contribution in [2.24, 2.45) is 11.8 Å². The monoisotopic (exact) mass is 340 g/mol. The molecule has 0 aliphatic heterocycles. The van der Waals surface area contributed by atoms with Gasteiger partial charge in [0.1, 0.15) is 0 Å². The van der Waals surface area contributed by atoms with Crippen molar-refractivity contribution in [2.75, 3.05) is 6.61 Å². The molecule has 112 valence electrons. The normalized spacial score (nSPS) is 26.3. The lowest BCUT2D eigenvalue weighted by molar-refractivity contribution is 0.0964. The number of hydrogen-bond donors (Lipinski definition) is 0. The van der Waals surface area contributed by atoms with E-state index in [1.54, 1.807) is 0 Å². The third-order valence-electron chi connectivity index (χ3n) is 3.92. The van der Waals surface area contributed by atoms with Crippen LogP contribution in [0, 0.1) is 11.8 Å². The van der Waals surface area contributed by atoms with Gasteiger partial charge in [-0.05, 0) is 44.1 Å². The van der Waals surface area contributed by atoms with Gasteiger partial charge in [-0.1, -0.05) is 41.9 Å². The van der Waals surface area contributed by atoms with Crippen molar-refractivity contribution < 1.29 is 9.47 Å². The quantitative estimate of drug-likeness (QED) is 0.687. The molecule has 1 aromatic rings. The number of benzene rings is 1. The molecular formula is C17H25BrO2. The molecule has 0 N–H and O–H groups in total. The van der Waals surface area contributed by atoms with Crippen LogP contribution >= 0.6 is 15.9 Å². The average molecular weight is 341 g/mol. The number of hydrogen-bond acceptors (Lipinski definition) is 2. The predicted molar refractivity (Wildman–Crippen MR) is 86.8 cm³/mol. The van der Waals surface area contributed by atoms with Crippen LogP contribution in [0.4, 0.5) is 0 Å². The number of para-hydroxylation sites is 1. The summed E-state index contributed by atoms with van der Waals surface area (Å²) in [5.74, 6) is 3.29. The molecule has 0 amide bonds. The third-order valence-corrected chi connectivity index (χ3v) is 4.53. The van der Waals surface area contributed by atoms with Gasteiger partial charge in [0.05, 0.1) is 12.7 Å². The van der Waals surface area contributed by atoms with E-state index in [2.05, 4.69) is 35.8 Å². The minimum atomic E-state index is 0.313. The molecule has 0 spiro atoms. The molecule has 2 rings (SSSR count). The van der Waals surface area contributed by atoms with Crippen molar-refractivity contribution in [1.82, 2.24) is 0 Å². The summed E-state index contributed by atoms with van der Waals surface area (Å²) in [6.07, 6.45) is 3.92. The van der Waals surface area contributed by atoms with Gasteiger partial charge in [0.15, 0.2) is 11.5 Å². The summed E-state index contributed by atoms with van der Waals surface area (Å²) >= 11 is 3.55. The molecular weight excluding hydrogens is 316 g/mol. The molecule has 1 aromatic carbocycles. The zero-order valence-corrected chi connectivity index (χ0v) is 14.3. The van der Waals surface area contributed by atoms with Gasteiger partial charge in [-0.25, -0.2) is 0 Å². The molecule has 2 unspecified atom stereocenters. The van der Waals surface area contributed by atoms with Crippen molar-refractivity contribution >= 4 is 15.9 Å². The van der Waals surface area contributed by atoms with Gasteiger partial charge in [-0.2, -0.15) is 0 Å². The van der Waals surface area contributed by atoms with E-state index in [0.29, 0.717) is 12.7 Å². The standard InChI is InChI=1S/C17H25BrO2/c1-4-19-16-7-5-6-14(11-18)17(16)20-15-9-12(2)8-13(3)10-15/h5-7,12-13,15H,4,8-11H2,1-3H3. The Morgan fingerprint density at radius 2 is 1.85 bits per heavy atom. The first-order chi connectivity index (χ1) is 9.63. The van der Waals surface area contributed by atoms with Gasteiger partial charge in [0, 0.05) is 10.9 Å². The minimum absolute atomic E-state index is 0.313. The molecule has 0 aromatic heterocycles. The Hall–Kier alpha value is -0.700. The van der Waals surface area contributed by atoms with E-state index >= 15 is 0 Å². The molecule has 3 heteroatoms. The summed E-state index contributed by atoms with van der Waals surface area (Å²) in [6.45, 7) is 7.33. The highest BCUT2D eigenvalue weighted by atomic mass is 79.9. The first-order valence-electron chi connectivity index (χ1n) is 7.61. The van der Waals surface area contributed by atoms with Crippen LogP contribution in [-0.2, 0) is 5.33 Å². The van der Waals surface area contributed by atoms with Crippen LogP contribution in [0.3, 0.4) is 0 Å². The molecule has 0 saturated heterocycles. The van der Waals surface area contributed by atoms with Gasteiger partial charge in [-0.3, -0.25) is 0 Å². The van der Waals surface area contributed by atoms with Crippen molar-refractivity contribution in [1.29, 1.82) is 0 Å². The second-order valence-electron chi connectivity index (χ2n) is 5.97. The van der Waals surface area contributed by atoms with E-state index in [0.717, 1.165) is 41.5 Å². The topological polar surface area (TPSA) is 18.5 Å². The minimum Gasteiger partial charge on any atom is -0.490 e. The maximum atomic E-state index is 6.35.